The predicted octanol–water partition coefficient (Wildman–Crippen LogP) is 0.988. The molecule has 0 aliphatic heterocycles. The summed E-state index contributed by atoms with van der Waals surface area (Å²) >= 11 is 0. The van der Waals surface area contributed by atoms with Crippen LogP contribution in [-0.2, 0) is 20.9 Å². The highest BCUT2D eigenvalue weighted by Gasteiger charge is 2.06. The Bertz CT molecular complexity index is 814. The van der Waals surface area contributed by atoms with Gasteiger partial charge in [-0.25, -0.2) is 10.2 Å². The zero-order chi connectivity index (χ0) is 18.9. The van der Waals surface area contributed by atoms with E-state index in [9.17, 15) is 14.4 Å². The van der Waals surface area contributed by atoms with Crippen molar-refractivity contribution in [3.05, 3.63) is 65.2 Å². The van der Waals surface area contributed by atoms with Crippen molar-refractivity contribution in [2.75, 3.05) is 7.11 Å². The van der Waals surface area contributed by atoms with E-state index < -0.39 is 11.8 Å². The van der Waals surface area contributed by atoms with Crippen LogP contribution in [0.4, 0.5) is 0 Å². The second kappa shape index (κ2) is 8.97. The van der Waals surface area contributed by atoms with Crippen LogP contribution < -0.4 is 15.9 Å². The van der Waals surface area contributed by atoms with Gasteiger partial charge >= 0.3 is 17.8 Å². The van der Waals surface area contributed by atoms with Gasteiger partial charge in [-0.15, -0.1) is 0 Å². The molecular formula is C18H17N3O5. The van der Waals surface area contributed by atoms with Crippen molar-refractivity contribution < 1.29 is 23.9 Å². The highest BCUT2D eigenvalue weighted by atomic mass is 16.5. The topological polar surface area (TPSA) is 120 Å². The number of nitrogens with zero attached hydrogens (tertiary/aromatic N) is 1. The van der Waals surface area contributed by atoms with Crippen LogP contribution in [-0.4, -0.2) is 31.1 Å². The Labute approximate surface area is 149 Å². The van der Waals surface area contributed by atoms with Crippen LogP contribution in [0.2, 0.25) is 0 Å². The molecule has 0 atom stereocenters. The third-order valence-electron chi connectivity index (χ3n) is 3.26. The van der Waals surface area contributed by atoms with Gasteiger partial charge in [-0.1, -0.05) is 12.1 Å². The van der Waals surface area contributed by atoms with Crippen LogP contribution in [0.5, 0.6) is 5.75 Å². The maximum absolute atomic E-state index is 11.4. The lowest BCUT2D eigenvalue weighted by atomic mass is 10.1. The number of primary amides is 1. The molecule has 2 aromatic carbocycles. The number of esters is 1. The first-order valence-corrected chi connectivity index (χ1v) is 7.52. The van der Waals surface area contributed by atoms with E-state index in [0.29, 0.717) is 23.5 Å². The van der Waals surface area contributed by atoms with Crippen LogP contribution in [0.15, 0.2) is 53.6 Å². The second-order valence-corrected chi connectivity index (χ2v) is 5.11. The van der Waals surface area contributed by atoms with E-state index in [2.05, 4.69) is 9.84 Å². The van der Waals surface area contributed by atoms with Crippen LogP contribution in [0.25, 0.3) is 0 Å². The highest BCUT2D eigenvalue weighted by molar-refractivity contribution is 6.34. The summed E-state index contributed by atoms with van der Waals surface area (Å²) < 4.78 is 10.3. The van der Waals surface area contributed by atoms with E-state index in [-0.39, 0.29) is 5.97 Å². The first-order valence-electron chi connectivity index (χ1n) is 7.52. The van der Waals surface area contributed by atoms with Gasteiger partial charge in [0.05, 0.1) is 18.9 Å². The number of hydrazone groups is 1. The minimum Gasteiger partial charge on any atom is -0.489 e. The Morgan fingerprint density at radius 2 is 1.73 bits per heavy atom. The van der Waals surface area contributed by atoms with Gasteiger partial charge in [-0.3, -0.25) is 9.59 Å². The Balaban J connectivity index is 1.87. The Morgan fingerprint density at radius 3 is 2.31 bits per heavy atom. The number of nitrogens with two attached hydrogens (primary N) is 1. The molecule has 2 aromatic rings. The summed E-state index contributed by atoms with van der Waals surface area (Å²) in [7, 11) is 1.33. The van der Waals surface area contributed by atoms with E-state index in [1.54, 1.807) is 48.5 Å². The lowest BCUT2D eigenvalue weighted by molar-refractivity contribution is -0.137. The molecule has 0 radical (unpaired) electrons. The summed E-state index contributed by atoms with van der Waals surface area (Å²) in [4.78, 5) is 32.8. The lowest BCUT2D eigenvalue weighted by Crippen LogP contribution is -2.32. The fourth-order valence-electron chi connectivity index (χ4n) is 1.89. The Morgan fingerprint density at radius 1 is 1.08 bits per heavy atom. The standard InChI is InChI=1S/C18H17N3O5/c1-25-18(24)14-6-2-13(3-7-14)11-26-15-8-4-12(5-9-15)10-20-21-17(23)16(19)22/h2-10H,11H2,1H3,(H2,19,22)(H,21,23)/b20-10-. The lowest BCUT2D eigenvalue weighted by Gasteiger charge is -2.07. The largest absolute Gasteiger partial charge is 0.489 e. The van der Waals surface area contributed by atoms with Crippen LogP contribution >= 0.6 is 0 Å². The molecule has 0 aliphatic carbocycles. The number of methoxy groups -OCH3 is 1. The maximum Gasteiger partial charge on any atom is 0.337 e. The summed E-state index contributed by atoms with van der Waals surface area (Å²) in [6.45, 7) is 0.337. The number of benzene rings is 2. The fourth-order valence-corrected chi connectivity index (χ4v) is 1.89. The van der Waals surface area contributed by atoms with Crippen molar-refractivity contribution >= 4 is 24.0 Å². The molecule has 2 amide bonds. The van der Waals surface area contributed by atoms with Crippen LogP contribution in [0.1, 0.15) is 21.5 Å². The van der Waals surface area contributed by atoms with Gasteiger partial charge in [0.1, 0.15) is 12.4 Å². The molecule has 0 saturated carbocycles. The fraction of sp³-hybridized carbons (Fsp3) is 0.111. The predicted molar refractivity (Wildman–Crippen MR) is 93.5 cm³/mol. The summed E-state index contributed by atoms with van der Waals surface area (Å²) in [6.07, 6.45) is 1.37. The molecule has 26 heavy (non-hydrogen) atoms. The molecule has 8 nitrogen and oxygen atoms in total. The quantitative estimate of drug-likeness (QED) is 0.346. The summed E-state index contributed by atoms with van der Waals surface area (Å²) in [6, 6.07) is 13.9. The van der Waals surface area contributed by atoms with Gasteiger partial charge in [0.15, 0.2) is 0 Å². The Kier molecular flexibility index (Phi) is 6.44. The number of ether oxygens (including phenoxy) is 2. The molecule has 0 heterocycles. The van der Waals surface area contributed by atoms with Gasteiger partial charge < -0.3 is 15.2 Å². The van der Waals surface area contributed by atoms with Gasteiger partial charge in [-0.05, 0) is 47.5 Å². The molecule has 0 aromatic heterocycles. The van der Waals surface area contributed by atoms with Crippen molar-refractivity contribution in [2.45, 2.75) is 6.61 Å². The molecule has 134 valence electrons. The molecule has 2 rings (SSSR count). The summed E-state index contributed by atoms with van der Waals surface area (Å²) in [5, 5.41) is 3.61. The summed E-state index contributed by atoms with van der Waals surface area (Å²) in [5.74, 6) is -1.84. The monoisotopic (exact) mass is 355 g/mol. The molecular weight excluding hydrogens is 338 g/mol. The average Bonchev–Trinajstić information content (AvgIpc) is 2.67. The summed E-state index contributed by atoms with van der Waals surface area (Å²) in [5.41, 5.74) is 8.86. The van der Waals surface area contributed by atoms with Gasteiger partial charge in [-0.2, -0.15) is 5.10 Å². The number of hydrogen-bond donors (Lipinski definition) is 2. The van der Waals surface area contributed by atoms with Crippen LogP contribution in [0.3, 0.4) is 0 Å². The smallest absolute Gasteiger partial charge is 0.337 e. The molecule has 0 fully saturated rings. The van der Waals surface area contributed by atoms with Crippen molar-refractivity contribution in [3.8, 4) is 5.75 Å². The SMILES string of the molecule is COC(=O)c1ccc(COc2ccc(/C=N\NC(=O)C(N)=O)cc2)cc1. The molecule has 0 saturated heterocycles. The van der Waals surface area contributed by atoms with E-state index in [4.69, 9.17) is 10.5 Å². The molecule has 0 bridgehead atoms. The number of hydrogen-bond acceptors (Lipinski definition) is 6. The van der Waals surface area contributed by atoms with Gasteiger partial charge in [0.2, 0.25) is 0 Å². The number of carbonyl (C=O) groups is 3. The van der Waals surface area contributed by atoms with E-state index in [0.717, 1.165) is 5.56 Å². The highest BCUT2D eigenvalue weighted by Crippen LogP contribution is 2.14. The number of nitrogens with one attached hydrogen (secondary N) is 1. The van der Waals surface area contributed by atoms with Crippen molar-refractivity contribution in [2.24, 2.45) is 10.8 Å². The zero-order valence-electron chi connectivity index (χ0n) is 14.0. The number of rotatable bonds is 6. The number of amides is 2. The molecule has 8 heteroatoms. The Hall–Kier alpha value is -3.68. The minimum absolute atomic E-state index is 0.337. The molecule has 3 N–H and O–H groups in total. The van der Waals surface area contributed by atoms with Crippen molar-refractivity contribution in [1.82, 2.24) is 5.43 Å². The first-order chi connectivity index (χ1) is 12.5. The van der Waals surface area contributed by atoms with E-state index >= 15 is 0 Å². The molecule has 0 unspecified atom stereocenters. The third-order valence-corrected chi connectivity index (χ3v) is 3.26. The molecule has 0 aliphatic rings. The van der Waals surface area contributed by atoms with Gasteiger partial charge in [0, 0.05) is 0 Å². The first kappa shape index (κ1) is 18.7. The average molecular weight is 355 g/mol. The van der Waals surface area contributed by atoms with Crippen molar-refractivity contribution in [1.29, 1.82) is 0 Å². The zero-order valence-corrected chi connectivity index (χ0v) is 14.0. The minimum atomic E-state index is -1.11. The maximum atomic E-state index is 11.4. The second-order valence-electron chi connectivity index (χ2n) is 5.11. The molecule has 0 spiro atoms. The van der Waals surface area contributed by atoms with E-state index in [1.807, 2.05) is 5.43 Å². The normalized spacial score (nSPS) is 10.3. The van der Waals surface area contributed by atoms with E-state index in [1.165, 1.54) is 13.3 Å². The third kappa shape index (κ3) is 5.45. The van der Waals surface area contributed by atoms with Gasteiger partial charge in [0.25, 0.3) is 0 Å². The van der Waals surface area contributed by atoms with Crippen molar-refractivity contribution in [3.63, 3.8) is 0 Å². The van der Waals surface area contributed by atoms with Crippen LogP contribution in [0, 0.1) is 0 Å². The number of carbonyl (C=O) groups excluding carboxylic acids is 3.